The Morgan fingerprint density at radius 3 is 0.783 bits per heavy atom. The third-order valence-electron chi connectivity index (χ3n) is 15.6. The highest BCUT2D eigenvalue weighted by atomic mass is 16.6. The molecule has 0 radical (unpaired) electrons. The zero-order chi connectivity index (χ0) is 59.9. The van der Waals surface area contributed by atoms with E-state index in [2.05, 4.69) is 118 Å². The van der Waals surface area contributed by atoms with Crippen molar-refractivity contribution in [3.63, 3.8) is 0 Å². The van der Waals surface area contributed by atoms with E-state index in [0.717, 1.165) is 89.9 Å². The zero-order valence-corrected chi connectivity index (χ0v) is 54.9. The van der Waals surface area contributed by atoms with E-state index in [1.54, 1.807) is 0 Å². The first-order valence-electron chi connectivity index (χ1n) is 35.7. The largest absolute Gasteiger partial charge is 0.462 e. The van der Waals surface area contributed by atoms with Crippen molar-refractivity contribution >= 4 is 17.9 Å². The molecule has 1 atom stereocenters. The summed E-state index contributed by atoms with van der Waals surface area (Å²) in [6.07, 6.45) is 95.9. The second-order valence-electron chi connectivity index (χ2n) is 23.8. The lowest BCUT2D eigenvalue weighted by Crippen LogP contribution is -2.30. The van der Waals surface area contributed by atoms with Crippen molar-refractivity contribution in [2.75, 3.05) is 13.2 Å². The molecule has 0 amide bonds. The first-order chi connectivity index (χ1) is 41.0. The Morgan fingerprint density at radius 2 is 0.482 bits per heavy atom. The van der Waals surface area contributed by atoms with Crippen LogP contribution in [0.15, 0.2) is 97.2 Å². The zero-order valence-electron chi connectivity index (χ0n) is 54.9. The first-order valence-corrected chi connectivity index (χ1v) is 35.7. The van der Waals surface area contributed by atoms with Crippen LogP contribution in [0.25, 0.3) is 0 Å². The lowest BCUT2D eigenvalue weighted by molar-refractivity contribution is -0.167. The van der Waals surface area contributed by atoms with Crippen LogP contribution in [0.1, 0.15) is 355 Å². The molecule has 0 fully saturated rings. The second kappa shape index (κ2) is 70.8. The van der Waals surface area contributed by atoms with Gasteiger partial charge in [-0.25, -0.2) is 0 Å². The van der Waals surface area contributed by atoms with E-state index in [0.29, 0.717) is 19.3 Å². The topological polar surface area (TPSA) is 78.9 Å². The van der Waals surface area contributed by atoms with Crippen LogP contribution in [0.2, 0.25) is 0 Å². The Balaban J connectivity index is 4.33. The average Bonchev–Trinajstić information content (AvgIpc) is 3.50. The Labute approximate surface area is 515 Å². The normalized spacial score (nSPS) is 12.7. The molecular formula is C77H134O6. The summed E-state index contributed by atoms with van der Waals surface area (Å²) in [5.74, 6) is -0.935. The van der Waals surface area contributed by atoms with Crippen molar-refractivity contribution in [1.29, 1.82) is 0 Å². The van der Waals surface area contributed by atoms with E-state index in [9.17, 15) is 14.4 Å². The monoisotopic (exact) mass is 1160 g/mol. The number of rotatable bonds is 65. The van der Waals surface area contributed by atoms with Gasteiger partial charge in [0, 0.05) is 19.3 Å². The number of carbonyl (C=O) groups excluding carboxylic acids is 3. The number of allylic oxidation sites excluding steroid dienone is 16. The number of unbranched alkanes of at least 4 members (excludes halogenated alkanes) is 38. The summed E-state index contributed by atoms with van der Waals surface area (Å²) < 4.78 is 16.9. The van der Waals surface area contributed by atoms with E-state index in [1.165, 1.54) is 218 Å². The van der Waals surface area contributed by atoms with Crippen molar-refractivity contribution in [3.05, 3.63) is 97.2 Å². The average molecular weight is 1160 g/mol. The van der Waals surface area contributed by atoms with Gasteiger partial charge in [-0.2, -0.15) is 0 Å². The van der Waals surface area contributed by atoms with Crippen molar-refractivity contribution in [3.8, 4) is 0 Å². The molecule has 0 aromatic heterocycles. The van der Waals surface area contributed by atoms with Crippen LogP contribution in [0.4, 0.5) is 0 Å². The van der Waals surface area contributed by atoms with Crippen LogP contribution >= 0.6 is 0 Å². The molecule has 1 unspecified atom stereocenters. The van der Waals surface area contributed by atoms with Crippen LogP contribution in [-0.2, 0) is 28.6 Å². The summed E-state index contributed by atoms with van der Waals surface area (Å²) in [6.45, 7) is 6.52. The minimum atomic E-state index is -0.801. The fourth-order valence-electron chi connectivity index (χ4n) is 10.3. The van der Waals surface area contributed by atoms with Crippen molar-refractivity contribution in [1.82, 2.24) is 0 Å². The van der Waals surface area contributed by atoms with Gasteiger partial charge in [-0.1, -0.05) is 336 Å². The van der Waals surface area contributed by atoms with Crippen molar-refractivity contribution in [2.45, 2.75) is 361 Å². The lowest BCUT2D eigenvalue weighted by Gasteiger charge is -2.18. The molecule has 478 valence electrons. The molecule has 0 aromatic carbocycles. The van der Waals surface area contributed by atoms with E-state index < -0.39 is 6.10 Å². The number of esters is 3. The van der Waals surface area contributed by atoms with Crippen LogP contribution in [-0.4, -0.2) is 37.2 Å². The minimum Gasteiger partial charge on any atom is -0.462 e. The third kappa shape index (κ3) is 69.0. The summed E-state index contributed by atoms with van der Waals surface area (Å²) >= 11 is 0. The summed E-state index contributed by atoms with van der Waals surface area (Å²) in [4.78, 5) is 38.4. The van der Waals surface area contributed by atoms with Gasteiger partial charge in [-0.3, -0.25) is 14.4 Å². The maximum atomic E-state index is 13.0. The number of hydrogen-bond donors (Lipinski definition) is 0. The molecule has 0 aromatic rings. The molecule has 0 heterocycles. The molecule has 0 aliphatic carbocycles. The van der Waals surface area contributed by atoms with Gasteiger partial charge < -0.3 is 14.2 Å². The quantitative estimate of drug-likeness (QED) is 0.0261. The van der Waals surface area contributed by atoms with E-state index in [1.807, 2.05) is 0 Å². The highest BCUT2D eigenvalue weighted by Crippen LogP contribution is 2.18. The van der Waals surface area contributed by atoms with Gasteiger partial charge in [0.15, 0.2) is 6.10 Å². The number of carbonyl (C=O) groups is 3. The molecule has 0 bridgehead atoms. The van der Waals surface area contributed by atoms with E-state index in [4.69, 9.17) is 14.2 Å². The Bertz CT molecular complexity index is 1610. The third-order valence-corrected chi connectivity index (χ3v) is 15.6. The van der Waals surface area contributed by atoms with Crippen molar-refractivity contribution in [2.24, 2.45) is 0 Å². The molecule has 6 nitrogen and oxygen atoms in total. The smallest absolute Gasteiger partial charge is 0.306 e. The minimum absolute atomic E-state index is 0.0923. The maximum Gasteiger partial charge on any atom is 0.306 e. The number of hydrogen-bond acceptors (Lipinski definition) is 6. The van der Waals surface area contributed by atoms with Gasteiger partial charge in [-0.15, -0.1) is 0 Å². The molecule has 0 N–H and O–H groups in total. The Kier molecular flexibility index (Phi) is 67.7. The SMILES string of the molecule is CC/C=C\C/C=C\C/C=C\C/C=C\C/C=C\CCCC(=O)OCC(COC(=O)CCCCCCCCCCCCCCCC/C=C\C/C=C\C/C=C\CCCCCCC)OC(=O)CCCCCCCCCCCCCCCCCCCCC. The van der Waals surface area contributed by atoms with Crippen molar-refractivity contribution < 1.29 is 28.6 Å². The van der Waals surface area contributed by atoms with E-state index in [-0.39, 0.29) is 37.5 Å². The maximum absolute atomic E-state index is 13.0. The van der Waals surface area contributed by atoms with Gasteiger partial charge in [0.2, 0.25) is 0 Å². The molecule has 83 heavy (non-hydrogen) atoms. The predicted octanol–water partition coefficient (Wildman–Crippen LogP) is 24.8. The molecule has 6 heteroatoms. The van der Waals surface area contributed by atoms with Crippen LogP contribution in [0.3, 0.4) is 0 Å². The van der Waals surface area contributed by atoms with Crippen LogP contribution in [0, 0.1) is 0 Å². The molecular weight excluding hydrogens is 1020 g/mol. The molecule has 0 saturated carbocycles. The fraction of sp³-hybridized carbons (Fsp3) is 0.753. The Hall–Kier alpha value is -3.67. The van der Waals surface area contributed by atoms with E-state index >= 15 is 0 Å². The van der Waals surface area contributed by atoms with Gasteiger partial charge in [0.25, 0.3) is 0 Å². The van der Waals surface area contributed by atoms with Crippen LogP contribution < -0.4 is 0 Å². The van der Waals surface area contributed by atoms with Gasteiger partial charge in [-0.05, 0) is 96.3 Å². The second-order valence-corrected chi connectivity index (χ2v) is 23.8. The molecule has 0 spiro atoms. The fourth-order valence-corrected chi connectivity index (χ4v) is 10.3. The predicted molar refractivity (Wildman–Crippen MR) is 362 cm³/mol. The van der Waals surface area contributed by atoms with Gasteiger partial charge in [0.1, 0.15) is 13.2 Å². The highest BCUT2D eigenvalue weighted by molar-refractivity contribution is 5.71. The summed E-state index contributed by atoms with van der Waals surface area (Å²) in [5.41, 5.74) is 0. The molecule has 0 rings (SSSR count). The Morgan fingerprint density at radius 1 is 0.253 bits per heavy atom. The number of ether oxygens (including phenoxy) is 3. The summed E-state index contributed by atoms with van der Waals surface area (Å²) in [7, 11) is 0. The summed E-state index contributed by atoms with van der Waals surface area (Å²) in [6, 6.07) is 0. The standard InChI is InChI=1S/C77H134O6/c1-4-7-10-13-16-19-22-25-28-31-33-34-35-36-37-38-39-40-41-42-44-46-49-52-55-58-61-64-67-70-76(79)82-73-74(72-81-75(78)69-66-63-60-57-54-51-48-45-30-27-24-21-18-15-12-9-6-3)83-77(80)71-68-65-62-59-56-53-50-47-43-32-29-26-23-20-17-14-11-8-5-2/h9,12,18,21-22,25,27,30-31,33,35-36,48,51,57,60,74H,4-8,10-11,13-17,19-20,23-24,26,28-29,32,34,37-47,49-50,52-56,58-59,61-73H2,1-3H3/b12-9-,21-18-,25-22-,30-27-,33-31-,36-35-,51-48-,60-57-. The molecule has 0 aliphatic rings. The lowest BCUT2D eigenvalue weighted by atomic mass is 10.0. The highest BCUT2D eigenvalue weighted by Gasteiger charge is 2.19. The molecule has 0 saturated heterocycles. The van der Waals surface area contributed by atoms with Gasteiger partial charge in [0.05, 0.1) is 0 Å². The molecule has 0 aliphatic heterocycles. The van der Waals surface area contributed by atoms with Crippen LogP contribution in [0.5, 0.6) is 0 Å². The first kappa shape index (κ1) is 79.3. The summed E-state index contributed by atoms with van der Waals surface area (Å²) in [5, 5.41) is 0. The van der Waals surface area contributed by atoms with Gasteiger partial charge >= 0.3 is 17.9 Å².